The minimum Gasteiger partial charge on any atom is -0.314 e. The van der Waals surface area contributed by atoms with E-state index in [1.165, 1.54) is 6.07 Å². The molecular weight excluding hydrogens is 334 g/mol. The third-order valence-corrected chi connectivity index (χ3v) is 3.83. The van der Waals surface area contributed by atoms with Crippen molar-refractivity contribution in [3.05, 3.63) is 34.6 Å². The molecule has 1 N–H and O–H groups in total. The van der Waals surface area contributed by atoms with Gasteiger partial charge in [0.1, 0.15) is 5.82 Å². The van der Waals surface area contributed by atoms with Crippen molar-refractivity contribution in [1.29, 1.82) is 0 Å². The summed E-state index contributed by atoms with van der Waals surface area (Å²) in [5, 5.41) is 3.79. The van der Waals surface area contributed by atoms with Crippen molar-refractivity contribution in [2.24, 2.45) is 5.41 Å². The van der Waals surface area contributed by atoms with Crippen LogP contribution in [0.3, 0.4) is 0 Å². The van der Waals surface area contributed by atoms with E-state index in [0.717, 1.165) is 31.7 Å². The molecule has 0 spiro atoms. The van der Waals surface area contributed by atoms with Crippen molar-refractivity contribution < 1.29 is 4.39 Å². The Morgan fingerprint density at radius 2 is 1.76 bits per heavy atom. The van der Waals surface area contributed by atoms with Crippen LogP contribution in [0.1, 0.15) is 32.4 Å². The van der Waals surface area contributed by atoms with Gasteiger partial charge in [0.15, 0.2) is 0 Å². The molecule has 2 nitrogen and oxygen atoms in total. The fraction of sp³-hybridized carbons (Fsp3) is 0.600. The van der Waals surface area contributed by atoms with E-state index in [-0.39, 0.29) is 42.1 Å². The minimum atomic E-state index is -0.203. The molecule has 1 aliphatic heterocycles. The Hall–Kier alpha value is -0.0600. The second kappa shape index (κ2) is 8.54. The SMILES string of the molecule is CC(C)(C)[C@H](c1ccc(Cl)cc1F)N1CCNCC1.Cl.Cl. The molecule has 0 bridgehead atoms. The number of hydrogen-bond donors (Lipinski definition) is 1. The second-order valence-electron chi connectivity index (χ2n) is 6.22. The fourth-order valence-corrected chi connectivity index (χ4v) is 3.03. The summed E-state index contributed by atoms with van der Waals surface area (Å²) in [7, 11) is 0. The molecule has 0 radical (unpaired) electrons. The van der Waals surface area contributed by atoms with Crippen LogP contribution < -0.4 is 5.32 Å². The molecule has 0 saturated carbocycles. The molecule has 1 saturated heterocycles. The van der Waals surface area contributed by atoms with Crippen LogP contribution in [0.25, 0.3) is 0 Å². The lowest BCUT2D eigenvalue weighted by atomic mass is 9.80. The molecule has 21 heavy (non-hydrogen) atoms. The molecular formula is C15H24Cl3FN2. The Balaban J connectivity index is 0.00000200. The predicted octanol–water partition coefficient (Wildman–Crippen LogP) is 4.32. The molecule has 1 aromatic carbocycles. The van der Waals surface area contributed by atoms with Crippen LogP contribution in [0.4, 0.5) is 4.39 Å². The Morgan fingerprint density at radius 3 is 2.24 bits per heavy atom. The molecule has 6 heteroatoms. The minimum absolute atomic E-state index is 0. The van der Waals surface area contributed by atoms with Gasteiger partial charge in [0.25, 0.3) is 0 Å². The van der Waals surface area contributed by atoms with Crippen molar-refractivity contribution in [2.75, 3.05) is 26.2 Å². The van der Waals surface area contributed by atoms with Crippen LogP contribution in [0.2, 0.25) is 5.02 Å². The van der Waals surface area contributed by atoms with Gasteiger partial charge in [0, 0.05) is 42.8 Å². The Bertz CT molecular complexity index is 443. The van der Waals surface area contributed by atoms with Crippen molar-refractivity contribution in [2.45, 2.75) is 26.8 Å². The summed E-state index contributed by atoms with van der Waals surface area (Å²) in [5.41, 5.74) is 0.727. The van der Waals surface area contributed by atoms with E-state index in [4.69, 9.17) is 11.6 Å². The first-order valence-corrected chi connectivity index (χ1v) is 7.17. The highest BCUT2D eigenvalue weighted by atomic mass is 35.5. The molecule has 1 atom stereocenters. The number of nitrogens with zero attached hydrogens (tertiary/aromatic N) is 1. The number of hydrogen-bond acceptors (Lipinski definition) is 2. The molecule has 0 aliphatic carbocycles. The molecule has 1 heterocycles. The third kappa shape index (κ3) is 5.26. The van der Waals surface area contributed by atoms with Crippen molar-refractivity contribution in [3.8, 4) is 0 Å². The first-order chi connectivity index (χ1) is 8.89. The summed E-state index contributed by atoms with van der Waals surface area (Å²) in [4.78, 5) is 2.36. The average molecular weight is 358 g/mol. The normalized spacial score (nSPS) is 17.6. The monoisotopic (exact) mass is 356 g/mol. The maximum absolute atomic E-state index is 14.3. The summed E-state index contributed by atoms with van der Waals surface area (Å²) in [5.74, 6) is -0.203. The summed E-state index contributed by atoms with van der Waals surface area (Å²) in [6.07, 6.45) is 0. The van der Waals surface area contributed by atoms with E-state index >= 15 is 0 Å². The molecule has 1 fully saturated rings. The van der Waals surface area contributed by atoms with Crippen LogP contribution in [-0.4, -0.2) is 31.1 Å². The average Bonchev–Trinajstić information content (AvgIpc) is 2.32. The highest BCUT2D eigenvalue weighted by Gasteiger charge is 2.34. The number of benzene rings is 1. The maximum atomic E-state index is 14.3. The zero-order chi connectivity index (χ0) is 14.0. The first-order valence-electron chi connectivity index (χ1n) is 6.79. The van der Waals surface area contributed by atoms with E-state index in [2.05, 4.69) is 31.0 Å². The molecule has 0 amide bonds. The lowest BCUT2D eigenvalue weighted by Crippen LogP contribution is -2.48. The molecule has 1 aliphatic rings. The van der Waals surface area contributed by atoms with Crippen LogP contribution in [0.15, 0.2) is 18.2 Å². The van der Waals surface area contributed by atoms with Gasteiger partial charge in [0.05, 0.1) is 0 Å². The van der Waals surface area contributed by atoms with E-state index in [1.54, 1.807) is 6.07 Å². The fourth-order valence-electron chi connectivity index (χ4n) is 2.87. The molecule has 0 aromatic heterocycles. The number of nitrogens with one attached hydrogen (secondary N) is 1. The Labute approximate surface area is 144 Å². The van der Waals surface area contributed by atoms with Gasteiger partial charge in [-0.3, -0.25) is 4.90 Å². The Kier molecular flexibility index (Phi) is 8.52. The number of rotatable bonds is 2. The highest BCUT2D eigenvalue weighted by Crippen LogP contribution is 2.39. The van der Waals surface area contributed by atoms with Crippen molar-refractivity contribution in [3.63, 3.8) is 0 Å². The van der Waals surface area contributed by atoms with E-state index in [0.29, 0.717) is 5.02 Å². The van der Waals surface area contributed by atoms with E-state index in [9.17, 15) is 4.39 Å². The summed E-state index contributed by atoms with van der Waals surface area (Å²) in [6.45, 7) is 10.3. The molecule has 2 rings (SSSR count). The second-order valence-corrected chi connectivity index (χ2v) is 6.66. The lowest BCUT2D eigenvalue weighted by Gasteiger charge is -2.42. The lowest BCUT2D eigenvalue weighted by molar-refractivity contribution is 0.0834. The highest BCUT2D eigenvalue weighted by molar-refractivity contribution is 6.30. The van der Waals surface area contributed by atoms with Crippen LogP contribution in [-0.2, 0) is 0 Å². The smallest absolute Gasteiger partial charge is 0.129 e. The summed E-state index contributed by atoms with van der Waals surface area (Å²) in [6, 6.07) is 5.10. The summed E-state index contributed by atoms with van der Waals surface area (Å²) < 4.78 is 14.3. The van der Waals surface area contributed by atoms with Gasteiger partial charge >= 0.3 is 0 Å². The van der Waals surface area contributed by atoms with Crippen LogP contribution in [0, 0.1) is 11.2 Å². The van der Waals surface area contributed by atoms with Gasteiger partial charge in [-0.25, -0.2) is 4.39 Å². The van der Waals surface area contributed by atoms with Gasteiger partial charge in [-0.1, -0.05) is 38.4 Å². The molecule has 1 aromatic rings. The van der Waals surface area contributed by atoms with Crippen molar-refractivity contribution >= 4 is 36.4 Å². The topological polar surface area (TPSA) is 15.3 Å². The standard InChI is InChI=1S/C15H22ClFN2.2ClH/c1-15(2,3)14(19-8-6-18-7-9-19)12-5-4-11(16)10-13(12)17;;/h4-5,10,14,18H,6-9H2,1-3H3;2*1H/t14-;;/m0../s1. The van der Waals surface area contributed by atoms with Crippen LogP contribution in [0.5, 0.6) is 0 Å². The third-order valence-electron chi connectivity index (χ3n) is 3.59. The van der Waals surface area contributed by atoms with E-state index in [1.807, 2.05) is 6.07 Å². The maximum Gasteiger partial charge on any atom is 0.129 e. The summed E-state index contributed by atoms with van der Waals surface area (Å²) >= 11 is 5.86. The number of piperazine rings is 1. The van der Waals surface area contributed by atoms with Crippen molar-refractivity contribution in [1.82, 2.24) is 10.2 Å². The van der Waals surface area contributed by atoms with Gasteiger partial charge in [-0.2, -0.15) is 0 Å². The van der Waals surface area contributed by atoms with E-state index < -0.39 is 0 Å². The van der Waals surface area contributed by atoms with Crippen LogP contribution >= 0.6 is 36.4 Å². The largest absolute Gasteiger partial charge is 0.314 e. The zero-order valence-corrected chi connectivity index (χ0v) is 15.0. The van der Waals surface area contributed by atoms with Gasteiger partial charge in [-0.15, -0.1) is 24.8 Å². The Morgan fingerprint density at radius 1 is 1.19 bits per heavy atom. The van der Waals surface area contributed by atoms with Gasteiger partial charge in [0.2, 0.25) is 0 Å². The molecule has 0 unspecified atom stereocenters. The first kappa shape index (κ1) is 20.9. The molecule has 122 valence electrons. The van der Waals surface area contributed by atoms with Gasteiger partial charge in [-0.05, 0) is 17.5 Å². The quantitative estimate of drug-likeness (QED) is 0.848. The number of halogens is 4. The predicted molar refractivity (Wildman–Crippen MR) is 92.5 cm³/mol. The zero-order valence-electron chi connectivity index (χ0n) is 12.7. The van der Waals surface area contributed by atoms with Gasteiger partial charge < -0.3 is 5.32 Å².